The van der Waals surface area contributed by atoms with E-state index < -0.39 is 30.6 Å². The number of amides is 2. The first-order valence-electron chi connectivity index (χ1n) is 9.35. The SMILES string of the molecule is COc1ccc(/C=C/C(=O)NC(C)C(=O)NCc2ccc(OCC(F)(F)F)cc2)cc1. The molecule has 0 saturated heterocycles. The Morgan fingerprint density at radius 3 is 2.23 bits per heavy atom. The fourth-order valence-corrected chi connectivity index (χ4v) is 2.42. The van der Waals surface area contributed by atoms with E-state index in [0.717, 1.165) is 5.56 Å². The molecule has 1 atom stereocenters. The number of methoxy groups -OCH3 is 1. The highest BCUT2D eigenvalue weighted by Crippen LogP contribution is 2.18. The number of halogens is 3. The highest BCUT2D eigenvalue weighted by Gasteiger charge is 2.28. The van der Waals surface area contributed by atoms with Gasteiger partial charge in [0.15, 0.2) is 6.61 Å². The van der Waals surface area contributed by atoms with E-state index in [1.54, 1.807) is 56.5 Å². The first-order valence-corrected chi connectivity index (χ1v) is 9.35. The number of nitrogens with one attached hydrogen (secondary N) is 2. The van der Waals surface area contributed by atoms with E-state index in [0.29, 0.717) is 11.3 Å². The van der Waals surface area contributed by atoms with E-state index in [-0.39, 0.29) is 12.3 Å². The third kappa shape index (κ3) is 8.81. The minimum Gasteiger partial charge on any atom is -0.497 e. The van der Waals surface area contributed by atoms with Gasteiger partial charge in [-0.05, 0) is 48.4 Å². The van der Waals surface area contributed by atoms with Crippen molar-refractivity contribution < 1.29 is 32.2 Å². The zero-order valence-electron chi connectivity index (χ0n) is 17.0. The summed E-state index contributed by atoms with van der Waals surface area (Å²) < 4.78 is 46.1. The molecule has 0 aromatic heterocycles. The van der Waals surface area contributed by atoms with E-state index in [2.05, 4.69) is 15.4 Å². The average molecular weight is 436 g/mol. The lowest BCUT2D eigenvalue weighted by Gasteiger charge is -2.13. The molecule has 2 rings (SSSR count). The predicted octanol–water partition coefficient (Wildman–Crippen LogP) is 3.47. The molecule has 0 aliphatic rings. The second-order valence-corrected chi connectivity index (χ2v) is 6.60. The Morgan fingerprint density at radius 2 is 1.65 bits per heavy atom. The van der Waals surface area contributed by atoms with Crippen LogP contribution in [0.2, 0.25) is 0 Å². The third-order valence-corrected chi connectivity index (χ3v) is 4.09. The lowest BCUT2D eigenvalue weighted by Crippen LogP contribution is -2.44. The molecule has 0 aliphatic heterocycles. The highest BCUT2D eigenvalue weighted by molar-refractivity contribution is 5.95. The summed E-state index contributed by atoms with van der Waals surface area (Å²) >= 11 is 0. The summed E-state index contributed by atoms with van der Waals surface area (Å²) in [7, 11) is 1.56. The summed E-state index contributed by atoms with van der Waals surface area (Å²) in [6.07, 6.45) is -1.47. The fraction of sp³-hybridized carbons (Fsp3) is 0.273. The maximum atomic E-state index is 12.2. The molecule has 1 unspecified atom stereocenters. The predicted molar refractivity (Wildman–Crippen MR) is 109 cm³/mol. The molecule has 0 aliphatic carbocycles. The van der Waals surface area contributed by atoms with Gasteiger partial charge in [0.2, 0.25) is 11.8 Å². The quantitative estimate of drug-likeness (QED) is 0.591. The number of ether oxygens (including phenoxy) is 2. The largest absolute Gasteiger partial charge is 0.497 e. The number of benzene rings is 2. The van der Waals surface area contributed by atoms with Crippen LogP contribution in [0.5, 0.6) is 11.5 Å². The van der Waals surface area contributed by atoms with Gasteiger partial charge in [0.1, 0.15) is 17.5 Å². The zero-order chi connectivity index (χ0) is 22.9. The lowest BCUT2D eigenvalue weighted by atomic mass is 10.2. The van der Waals surface area contributed by atoms with E-state index in [9.17, 15) is 22.8 Å². The lowest BCUT2D eigenvalue weighted by molar-refractivity contribution is -0.153. The monoisotopic (exact) mass is 436 g/mol. The van der Waals surface area contributed by atoms with Gasteiger partial charge in [0.05, 0.1) is 7.11 Å². The van der Waals surface area contributed by atoms with Gasteiger partial charge >= 0.3 is 6.18 Å². The first kappa shape index (κ1) is 23.8. The summed E-state index contributed by atoms with van der Waals surface area (Å²) in [6.45, 7) is 0.329. The van der Waals surface area contributed by atoms with Crippen molar-refractivity contribution in [2.24, 2.45) is 0 Å². The molecule has 0 spiro atoms. The molecule has 0 heterocycles. The van der Waals surface area contributed by atoms with Gasteiger partial charge in [-0.1, -0.05) is 24.3 Å². The van der Waals surface area contributed by atoms with Gasteiger partial charge in [0.25, 0.3) is 0 Å². The van der Waals surface area contributed by atoms with Crippen LogP contribution >= 0.6 is 0 Å². The number of carbonyl (C=O) groups excluding carboxylic acids is 2. The fourth-order valence-electron chi connectivity index (χ4n) is 2.42. The Kier molecular flexibility index (Phi) is 8.48. The van der Waals surface area contributed by atoms with Crippen molar-refractivity contribution in [1.29, 1.82) is 0 Å². The molecule has 9 heteroatoms. The van der Waals surface area contributed by atoms with Crippen molar-refractivity contribution >= 4 is 17.9 Å². The van der Waals surface area contributed by atoms with Gasteiger partial charge < -0.3 is 20.1 Å². The number of hydrogen-bond acceptors (Lipinski definition) is 4. The van der Waals surface area contributed by atoms with Crippen molar-refractivity contribution in [3.63, 3.8) is 0 Å². The second-order valence-electron chi connectivity index (χ2n) is 6.60. The van der Waals surface area contributed by atoms with Crippen LogP contribution in [0.1, 0.15) is 18.1 Å². The third-order valence-electron chi connectivity index (χ3n) is 4.09. The van der Waals surface area contributed by atoms with E-state index in [1.807, 2.05) is 0 Å². The summed E-state index contributed by atoms with van der Waals surface area (Å²) in [5, 5.41) is 5.21. The Balaban J connectivity index is 1.77. The van der Waals surface area contributed by atoms with Crippen molar-refractivity contribution in [3.8, 4) is 11.5 Å². The van der Waals surface area contributed by atoms with Crippen molar-refractivity contribution in [1.82, 2.24) is 10.6 Å². The van der Waals surface area contributed by atoms with Crippen LogP contribution in [-0.2, 0) is 16.1 Å². The molecule has 2 N–H and O–H groups in total. The maximum Gasteiger partial charge on any atom is 0.422 e. The molecular formula is C22H23F3N2O4. The zero-order valence-corrected chi connectivity index (χ0v) is 17.0. The second kappa shape index (κ2) is 11.1. The normalized spacial score (nSPS) is 12.3. The maximum absolute atomic E-state index is 12.2. The van der Waals surface area contributed by atoms with Gasteiger partial charge in [-0.15, -0.1) is 0 Å². The molecule has 166 valence electrons. The molecular weight excluding hydrogens is 413 g/mol. The first-order chi connectivity index (χ1) is 14.7. The van der Waals surface area contributed by atoms with Gasteiger partial charge in [-0.2, -0.15) is 13.2 Å². The summed E-state index contributed by atoms with van der Waals surface area (Å²) in [5.41, 5.74) is 1.47. The smallest absolute Gasteiger partial charge is 0.422 e. The molecule has 2 amide bonds. The number of hydrogen-bond donors (Lipinski definition) is 2. The van der Waals surface area contributed by atoms with Crippen molar-refractivity contribution in [2.75, 3.05) is 13.7 Å². The van der Waals surface area contributed by atoms with Crippen LogP contribution in [0, 0.1) is 0 Å². The summed E-state index contributed by atoms with van der Waals surface area (Å²) in [6, 6.07) is 12.2. The molecule has 2 aromatic carbocycles. The molecule has 0 bridgehead atoms. The van der Waals surface area contributed by atoms with Crippen molar-refractivity contribution in [3.05, 3.63) is 65.7 Å². The average Bonchev–Trinajstić information content (AvgIpc) is 2.75. The van der Waals surface area contributed by atoms with E-state index in [1.165, 1.54) is 18.2 Å². The van der Waals surface area contributed by atoms with Crippen LogP contribution in [0.25, 0.3) is 6.08 Å². The number of rotatable bonds is 9. The van der Waals surface area contributed by atoms with Crippen LogP contribution < -0.4 is 20.1 Å². The summed E-state index contributed by atoms with van der Waals surface area (Å²) in [4.78, 5) is 24.2. The molecule has 0 radical (unpaired) electrons. The van der Waals surface area contributed by atoms with Gasteiger partial charge in [-0.25, -0.2) is 0 Å². The van der Waals surface area contributed by atoms with Crippen LogP contribution in [0.3, 0.4) is 0 Å². The van der Waals surface area contributed by atoms with Crippen LogP contribution in [0.15, 0.2) is 54.6 Å². The molecule has 2 aromatic rings. The minimum absolute atomic E-state index is 0.0803. The van der Waals surface area contributed by atoms with E-state index in [4.69, 9.17) is 4.74 Å². The number of alkyl halides is 3. The van der Waals surface area contributed by atoms with Crippen molar-refractivity contribution in [2.45, 2.75) is 25.7 Å². The Labute approximate surface area is 178 Å². The highest BCUT2D eigenvalue weighted by atomic mass is 19.4. The Morgan fingerprint density at radius 1 is 1.03 bits per heavy atom. The van der Waals surface area contributed by atoms with Crippen LogP contribution in [-0.4, -0.2) is 37.7 Å². The van der Waals surface area contributed by atoms with Gasteiger partial charge in [0, 0.05) is 12.6 Å². The molecule has 0 fully saturated rings. The van der Waals surface area contributed by atoms with Crippen LogP contribution in [0.4, 0.5) is 13.2 Å². The van der Waals surface area contributed by atoms with E-state index >= 15 is 0 Å². The Hall–Kier alpha value is -3.49. The topological polar surface area (TPSA) is 76.7 Å². The molecule has 6 nitrogen and oxygen atoms in total. The summed E-state index contributed by atoms with van der Waals surface area (Å²) in [5.74, 6) is -0.0414. The standard InChI is InChI=1S/C22H23F3N2O4/c1-15(27-20(28)12-7-16-3-8-18(30-2)9-4-16)21(29)26-13-17-5-10-19(11-6-17)31-14-22(23,24)25/h3-12,15H,13-14H2,1-2H3,(H,26,29)(H,27,28)/b12-7+. The molecule has 31 heavy (non-hydrogen) atoms. The minimum atomic E-state index is -4.41. The number of carbonyl (C=O) groups is 2. The molecule has 0 saturated carbocycles. The van der Waals surface area contributed by atoms with Gasteiger partial charge in [-0.3, -0.25) is 9.59 Å². The Bertz CT molecular complexity index is 894.